The number of ether oxygens (including phenoxy) is 1. The molecule has 0 atom stereocenters. The Morgan fingerprint density at radius 3 is 2.71 bits per heavy atom. The van der Waals surface area contributed by atoms with Crippen molar-refractivity contribution in [2.45, 2.75) is 26.2 Å². The molecular weight excluding hydrogens is 320 g/mol. The van der Waals surface area contributed by atoms with Crippen molar-refractivity contribution >= 4 is 17.3 Å². The van der Waals surface area contributed by atoms with Crippen molar-refractivity contribution in [3.8, 4) is 5.75 Å². The number of thiazole rings is 1. The fraction of sp³-hybridized carbons (Fsp3) is 0.444. The maximum atomic E-state index is 5.25. The van der Waals surface area contributed by atoms with Crippen LogP contribution in [-0.4, -0.2) is 38.2 Å². The number of aryl methyl sites for hydroxylation is 1. The predicted molar refractivity (Wildman–Crippen MR) is 101 cm³/mol. The Morgan fingerprint density at radius 2 is 2.04 bits per heavy atom. The van der Waals surface area contributed by atoms with Gasteiger partial charge in [0.25, 0.3) is 0 Å². The first-order chi connectivity index (χ1) is 11.7. The highest BCUT2D eigenvalue weighted by Crippen LogP contribution is 2.13. The van der Waals surface area contributed by atoms with E-state index in [0.717, 1.165) is 44.1 Å². The van der Waals surface area contributed by atoms with Crippen LogP contribution in [0.15, 0.2) is 35.5 Å². The summed E-state index contributed by atoms with van der Waals surface area (Å²) in [4.78, 5) is 10.0. The second kappa shape index (κ2) is 9.93. The molecule has 0 radical (unpaired) electrons. The first-order valence-electron chi connectivity index (χ1n) is 8.26. The van der Waals surface area contributed by atoms with Gasteiger partial charge in [-0.3, -0.25) is 4.99 Å². The Bertz CT molecular complexity index is 654. The Kier molecular flexibility index (Phi) is 7.55. The summed E-state index contributed by atoms with van der Waals surface area (Å²) in [5.74, 6) is 1.72. The molecule has 24 heavy (non-hydrogen) atoms. The van der Waals surface area contributed by atoms with Gasteiger partial charge in [0, 0.05) is 37.6 Å². The molecular formula is C18H26N4OS. The third kappa shape index (κ3) is 5.85. The van der Waals surface area contributed by atoms with E-state index in [2.05, 4.69) is 39.7 Å². The largest absolute Gasteiger partial charge is 0.497 e. The van der Waals surface area contributed by atoms with Crippen LogP contribution >= 0.6 is 11.3 Å². The van der Waals surface area contributed by atoms with Crippen molar-refractivity contribution in [3.63, 3.8) is 0 Å². The van der Waals surface area contributed by atoms with Gasteiger partial charge in [0.2, 0.25) is 0 Å². The summed E-state index contributed by atoms with van der Waals surface area (Å²) in [5, 5.41) is 7.85. The third-order valence-corrected chi connectivity index (χ3v) is 4.85. The molecule has 0 aliphatic rings. The van der Waals surface area contributed by atoms with Crippen LogP contribution in [-0.2, 0) is 19.3 Å². The van der Waals surface area contributed by atoms with Gasteiger partial charge >= 0.3 is 0 Å². The fourth-order valence-corrected chi connectivity index (χ4v) is 3.15. The average Bonchev–Trinajstić information content (AvgIpc) is 3.08. The monoisotopic (exact) mass is 346 g/mol. The molecule has 0 bridgehead atoms. The molecule has 2 rings (SSSR count). The van der Waals surface area contributed by atoms with E-state index in [9.17, 15) is 0 Å². The maximum absolute atomic E-state index is 5.25. The molecule has 0 amide bonds. The summed E-state index contributed by atoms with van der Waals surface area (Å²) in [6.45, 7) is 3.81. The van der Waals surface area contributed by atoms with Crippen LogP contribution < -0.4 is 15.4 Å². The molecule has 130 valence electrons. The lowest BCUT2D eigenvalue weighted by atomic mass is 10.1. The van der Waals surface area contributed by atoms with Crippen molar-refractivity contribution in [3.05, 3.63) is 45.9 Å². The van der Waals surface area contributed by atoms with Crippen molar-refractivity contribution in [1.29, 1.82) is 0 Å². The second-order valence-corrected chi connectivity index (χ2v) is 6.55. The van der Waals surface area contributed by atoms with Gasteiger partial charge in [-0.15, -0.1) is 11.3 Å². The molecule has 1 aromatic heterocycles. The highest BCUT2D eigenvalue weighted by molar-refractivity contribution is 7.11. The number of benzene rings is 1. The van der Waals surface area contributed by atoms with Crippen LogP contribution in [0.2, 0.25) is 0 Å². The zero-order valence-corrected chi connectivity index (χ0v) is 15.4. The van der Waals surface area contributed by atoms with E-state index in [1.165, 1.54) is 15.4 Å². The lowest BCUT2D eigenvalue weighted by Crippen LogP contribution is -2.39. The van der Waals surface area contributed by atoms with Gasteiger partial charge in [-0.05, 0) is 30.5 Å². The Balaban J connectivity index is 1.70. The number of nitrogens with zero attached hydrogens (tertiary/aromatic N) is 2. The van der Waals surface area contributed by atoms with E-state index in [1.807, 2.05) is 18.3 Å². The Morgan fingerprint density at radius 1 is 1.25 bits per heavy atom. The first-order valence-corrected chi connectivity index (χ1v) is 9.07. The molecule has 5 nitrogen and oxygen atoms in total. The number of hydrogen-bond acceptors (Lipinski definition) is 4. The molecule has 1 heterocycles. The summed E-state index contributed by atoms with van der Waals surface area (Å²) in [6, 6.07) is 8.14. The molecule has 0 fully saturated rings. The Hall–Kier alpha value is -2.08. The van der Waals surface area contributed by atoms with Gasteiger partial charge in [0.1, 0.15) is 5.75 Å². The molecule has 0 aliphatic carbocycles. The minimum atomic E-state index is 0.823. The van der Waals surface area contributed by atoms with Crippen molar-refractivity contribution in [2.24, 2.45) is 4.99 Å². The first kappa shape index (κ1) is 18.3. The van der Waals surface area contributed by atoms with Gasteiger partial charge in [0.15, 0.2) is 5.96 Å². The van der Waals surface area contributed by atoms with E-state index >= 15 is 0 Å². The quantitative estimate of drug-likeness (QED) is 0.570. The van der Waals surface area contributed by atoms with Gasteiger partial charge in [-0.2, -0.15) is 0 Å². The number of aliphatic imine (C=N–C) groups is 1. The molecule has 0 saturated heterocycles. The molecule has 0 unspecified atom stereocenters. The normalized spacial score (nSPS) is 11.4. The highest BCUT2D eigenvalue weighted by Gasteiger charge is 2.02. The standard InChI is InChI=1S/C18H26N4OS/c1-4-16-13-22-17(24-16)9-11-21-18(19-2)20-10-8-14-6-5-7-15(12-14)23-3/h5-7,12-13H,4,8-11H2,1-3H3,(H2,19,20,21). The lowest BCUT2D eigenvalue weighted by molar-refractivity contribution is 0.414. The SMILES string of the molecule is CCc1cnc(CCNC(=NC)NCCc2cccc(OC)c2)s1. The zero-order chi connectivity index (χ0) is 17.2. The number of methoxy groups -OCH3 is 1. The molecule has 2 aromatic rings. The lowest BCUT2D eigenvalue weighted by Gasteiger charge is -2.11. The summed E-state index contributed by atoms with van der Waals surface area (Å²) < 4.78 is 5.25. The third-order valence-electron chi connectivity index (χ3n) is 3.65. The predicted octanol–water partition coefficient (Wildman–Crippen LogP) is 2.66. The topological polar surface area (TPSA) is 58.5 Å². The van der Waals surface area contributed by atoms with Crippen LogP contribution in [0.25, 0.3) is 0 Å². The molecule has 0 saturated carbocycles. The van der Waals surface area contributed by atoms with Crippen molar-refractivity contribution < 1.29 is 4.74 Å². The van der Waals surface area contributed by atoms with E-state index in [-0.39, 0.29) is 0 Å². The fourth-order valence-electron chi connectivity index (χ4n) is 2.29. The van der Waals surface area contributed by atoms with E-state index in [0.29, 0.717) is 0 Å². The smallest absolute Gasteiger partial charge is 0.191 e. The number of guanidine groups is 1. The van der Waals surface area contributed by atoms with Crippen LogP contribution in [0.3, 0.4) is 0 Å². The summed E-state index contributed by atoms with van der Waals surface area (Å²) >= 11 is 1.79. The highest BCUT2D eigenvalue weighted by atomic mass is 32.1. The van der Waals surface area contributed by atoms with Crippen molar-refractivity contribution in [2.75, 3.05) is 27.2 Å². The second-order valence-electron chi connectivity index (χ2n) is 5.35. The molecule has 0 spiro atoms. The minimum absolute atomic E-state index is 0.823. The molecule has 6 heteroatoms. The van der Waals surface area contributed by atoms with Gasteiger partial charge < -0.3 is 15.4 Å². The average molecular weight is 347 g/mol. The molecule has 1 aromatic carbocycles. The van der Waals surface area contributed by atoms with Crippen LogP contribution in [0.4, 0.5) is 0 Å². The van der Waals surface area contributed by atoms with Gasteiger partial charge in [-0.25, -0.2) is 4.98 Å². The van der Waals surface area contributed by atoms with Crippen molar-refractivity contribution in [1.82, 2.24) is 15.6 Å². The van der Waals surface area contributed by atoms with E-state index in [4.69, 9.17) is 4.74 Å². The maximum Gasteiger partial charge on any atom is 0.191 e. The molecule has 0 aliphatic heterocycles. The van der Waals surface area contributed by atoms with Crippen LogP contribution in [0, 0.1) is 0 Å². The van der Waals surface area contributed by atoms with Gasteiger partial charge in [-0.1, -0.05) is 19.1 Å². The minimum Gasteiger partial charge on any atom is -0.497 e. The van der Waals surface area contributed by atoms with E-state index in [1.54, 1.807) is 25.5 Å². The van der Waals surface area contributed by atoms with E-state index < -0.39 is 0 Å². The molecule has 2 N–H and O–H groups in total. The number of hydrogen-bond donors (Lipinski definition) is 2. The van der Waals surface area contributed by atoms with Crippen LogP contribution in [0.1, 0.15) is 22.4 Å². The van der Waals surface area contributed by atoms with Gasteiger partial charge in [0.05, 0.1) is 12.1 Å². The summed E-state index contributed by atoms with van der Waals surface area (Å²) in [5.41, 5.74) is 1.24. The summed E-state index contributed by atoms with van der Waals surface area (Å²) in [7, 11) is 3.48. The number of rotatable bonds is 8. The van der Waals surface area contributed by atoms with Crippen LogP contribution in [0.5, 0.6) is 5.75 Å². The number of aromatic nitrogens is 1. The number of nitrogens with one attached hydrogen (secondary N) is 2. The summed E-state index contributed by atoms with van der Waals surface area (Å²) in [6.07, 6.45) is 4.87. The zero-order valence-electron chi connectivity index (χ0n) is 14.6. The Labute approximate surface area is 148 Å².